The monoisotopic (exact) mass is 402 g/mol. The summed E-state index contributed by atoms with van der Waals surface area (Å²) in [5, 5.41) is 12.1. The molecule has 1 fully saturated rings. The molecule has 29 heavy (non-hydrogen) atoms. The number of carboxylic acid groups (broad SMARTS) is 1. The third-order valence-corrected chi connectivity index (χ3v) is 4.84. The molecular formula is C19H26N6O4. The molecule has 0 amide bonds. The minimum absolute atomic E-state index is 0.120. The number of carboxylic acids is 1. The average Bonchev–Trinajstić information content (AvgIpc) is 3.07. The van der Waals surface area contributed by atoms with Crippen LogP contribution in [-0.2, 0) is 24.9 Å². The Hall–Kier alpha value is -3.14. The number of nitrogens with one attached hydrogen (secondary N) is 1. The van der Waals surface area contributed by atoms with E-state index in [0.717, 1.165) is 42.4 Å². The van der Waals surface area contributed by atoms with Crippen LogP contribution in [0.4, 0.5) is 5.95 Å². The first-order valence-electron chi connectivity index (χ1n) is 9.49. The molecular weight excluding hydrogens is 376 g/mol. The summed E-state index contributed by atoms with van der Waals surface area (Å²) >= 11 is 0. The number of carbonyl (C=O) groups is 1. The number of hydrogen-bond acceptors (Lipinski definition) is 6. The zero-order chi connectivity index (χ0) is 21.1. The molecule has 1 saturated heterocycles. The SMILES string of the molecule is CC(C)=CCn1c(N2CCNCC2)nc2c1c(=O)n(C/C=C/C(=O)O)c(=O)n2C. The van der Waals surface area contributed by atoms with E-state index in [1.54, 1.807) is 7.05 Å². The first-order valence-corrected chi connectivity index (χ1v) is 9.49. The molecule has 10 heteroatoms. The second-order valence-corrected chi connectivity index (χ2v) is 7.21. The van der Waals surface area contributed by atoms with Crippen molar-refractivity contribution >= 4 is 23.1 Å². The highest BCUT2D eigenvalue weighted by atomic mass is 16.4. The van der Waals surface area contributed by atoms with E-state index in [1.807, 2.05) is 24.5 Å². The highest BCUT2D eigenvalue weighted by Gasteiger charge is 2.23. The molecule has 3 heterocycles. The molecule has 2 aromatic rings. The molecule has 0 bridgehead atoms. The molecule has 1 aliphatic heterocycles. The molecule has 0 radical (unpaired) electrons. The van der Waals surface area contributed by atoms with Crippen LogP contribution >= 0.6 is 0 Å². The van der Waals surface area contributed by atoms with E-state index in [2.05, 4.69) is 15.2 Å². The zero-order valence-corrected chi connectivity index (χ0v) is 16.9. The van der Waals surface area contributed by atoms with Gasteiger partial charge in [0.05, 0.1) is 0 Å². The van der Waals surface area contributed by atoms with E-state index in [9.17, 15) is 14.4 Å². The number of hydrogen-bond donors (Lipinski definition) is 2. The minimum atomic E-state index is -1.13. The molecule has 10 nitrogen and oxygen atoms in total. The van der Waals surface area contributed by atoms with Crippen LogP contribution in [0.15, 0.2) is 33.4 Å². The number of aryl methyl sites for hydroxylation is 1. The number of nitrogens with zero attached hydrogens (tertiary/aromatic N) is 5. The van der Waals surface area contributed by atoms with E-state index < -0.39 is 17.2 Å². The van der Waals surface area contributed by atoms with Crippen LogP contribution in [0.25, 0.3) is 11.2 Å². The summed E-state index contributed by atoms with van der Waals surface area (Å²) in [4.78, 5) is 43.4. The van der Waals surface area contributed by atoms with Crippen molar-refractivity contribution in [1.82, 2.24) is 24.0 Å². The topological polar surface area (TPSA) is 114 Å². The lowest BCUT2D eigenvalue weighted by Crippen LogP contribution is -2.44. The van der Waals surface area contributed by atoms with Crippen molar-refractivity contribution in [1.29, 1.82) is 0 Å². The van der Waals surface area contributed by atoms with Gasteiger partial charge in [0.2, 0.25) is 5.95 Å². The van der Waals surface area contributed by atoms with Gasteiger partial charge in [-0.1, -0.05) is 17.7 Å². The highest BCUT2D eigenvalue weighted by Crippen LogP contribution is 2.20. The van der Waals surface area contributed by atoms with Gasteiger partial charge in [-0.05, 0) is 13.8 Å². The summed E-state index contributed by atoms with van der Waals surface area (Å²) in [6.45, 7) is 7.43. The van der Waals surface area contributed by atoms with Crippen molar-refractivity contribution in [2.45, 2.75) is 26.9 Å². The molecule has 0 atom stereocenters. The number of aliphatic carboxylic acids is 1. The van der Waals surface area contributed by atoms with Crippen LogP contribution in [0.2, 0.25) is 0 Å². The third-order valence-electron chi connectivity index (χ3n) is 4.84. The Morgan fingerprint density at radius 2 is 1.86 bits per heavy atom. The maximum Gasteiger partial charge on any atom is 0.332 e. The Kier molecular flexibility index (Phi) is 6.02. The van der Waals surface area contributed by atoms with Crippen molar-refractivity contribution in [2.24, 2.45) is 7.05 Å². The Bertz CT molecular complexity index is 1090. The summed E-state index contributed by atoms with van der Waals surface area (Å²) in [6, 6.07) is 0. The lowest BCUT2D eigenvalue weighted by Gasteiger charge is -2.28. The standard InChI is InChI=1S/C19H26N6O4/c1-13(2)6-10-24-15-16(21-18(24)23-11-7-20-8-12-23)22(3)19(29)25(17(15)28)9-4-5-14(26)27/h4-6,20H,7-12H2,1-3H3,(H,26,27)/b5-4+. The minimum Gasteiger partial charge on any atom is -0.478 e. The van der Waals surface area contributed by atoms with Crippen molar-refractivity contribution in [3.8, 4) is 0 Å². The molecule has 1 aliphatic rings. The van der Waals surface area contributed by atoms with Crippen LogP contribution in [0.3, 0.4) is 0 Å². The lowest BCUT2D eigenvalue weighted by molar-refractivity contribution is -0.131. The molecule has 2 N–H and O–H groups in total. The van der Waals surface area contributed by atoms with Crippen LogP contribution in [0, 0.1) is 0 Å². The normalized spacial score (nSPS) is 14.7. The Balaban J connectivity index is 2.24. The van der Waals surface area contributed by atoms with E-state index in [4.69, 9.17) is 5.11 Å². The average molecular weight is 402 g/mol. The number of imidazole rings is 1. The number of rotatable bonds is 6. The predicted octanol–water partition coefficient (Wildman–Crippen LogP) is -0.0867. The van der Waals surface area contributed by atoms with Gasteiger partial charge in [0.25, 0.3) is 5.56 Å². The van der Waals surface area contributed by atoms with Gasteiger partial charge in [-0.25, -0.2) is 9.59 Å². The number of piperazine rings is 1. The smallest absolute Gasteiger partial charge is 0.332 e. The van der Waals surface area contributed by atoms with Crippen molar-refractivity contribution in [2.75, 3.05) is 31.1 Å². The fourth-order valence-electron chi connectivity index (χ4n) is 3.33. The van der Waals surface area contributed by atoms with Crippen LogP contribution in [0.5, 0.6) is 0 Å². The van der Waals surface area contributed by atoms with Crippen LogP contribution in [-0.4, -0.2) is 55.9 Å². The Morgan fingerprint density at radius 3 is 2.48 bits per heavy atom. The first-order chi connectivity index (χ1) is 13.8. The van der Waals surface area contributed by atoms with E-state index in [0.29, 0.717) is 23.7 Å². The molecule has 0 spiro atoms. The van der Waals surface area contributed by atoms with Gasteiger partial charge >= 0.3 is 11.7 Å². The van der Waals surface area contributed by atoms with Gasteiger partial charge in [0.1, 0.15) is 0 Å². The highest BCUT2D eigenvalue weighted by molar-refractivity contribution is 5.79. The lowest BCUT2D eigenvalue weighted by atomic mass is 10.3. The van der Waals surface area contributed by atoms with E-state index >= 15 is 0 Å². The molecule has 3 rings (SSSR count). The van der Waals surface area contributed by atoms with E-state index in [-0.39, 0.29) is 6.54 Å². The van der Waals surface area contributed by atoms with Gasteiger partial charge in [0, 0.05) is 52.4 Å². The summed E-state index contributed by atoms with van der Waals surface area (Å²) in [7, 11) is 1.57. The van der Waals surface area contributed by atoms with E-state index in [1.165, 1.54) is 10.6 Å². The summed E-state index contributed by atoms with van der Waals surface area (Å²) in [5.74, 6) is -0.476. The molecule has 0 saturated carbocycles. The third kappa shape index (κ3) is 4.16. The molecule has 2 aromatic heterocycles. The first kappa shape index (κ1) is 20.6. The van der Waals surface area contributed by atoms with Gasteiger partial charge in [0.15, 0.2) is 11.2 Å². The molecule has 0 unspecified atom stereocenters. The van der Waals surface area contributed by atoms with Crippen molar-refractivity contribution in [3.63, 3.8) is 0 Å². The number of anilines is 1. The summed E-state index contributed by atoms with van der Waals surface area (Å²) in [6.07, 6.45) is 4.21. The van der Waals surface area contributed by atoms with Crippen LogP contribution in [0.1, 0.15) is 13.8 Å². The summed E-state index contributed by atoms with van der Waals surface area (Å²) in [5.41, 5.74) is 0.758. The summed E-state index contributed by atoms with van der Waals surface area (Å²) < 4.78 is 4.22. The van der Waals surface area contributed by atoms with Gasteiger partial charge in [-0.15, -0.1) is 0 Å². The van der Waals surface area contributed by atoms with Crippen LogP contribution < -0.4 is 21.5 Å². The fraction of sp³-hybridized carbons (Fsp3) is 0.474. The number of fused-ring (bicyclic) bond motifs is 1. The van der Waals surface area contributed by atoms with Gasteiger partial charge in [-0.2, -0.15) is 4.98 Å². The number of allylic oxidation sites excluding steroid dienone is 3. The second kappa shape index (κ2) is 8.48. The van der Waals surface area contributed by atoms with Crippen molar-refractivity contribution in [3.05, 3.63) is 44.6 Å². The van der Waals surface area contributed by atoms with Gasteiger partial charge < -0.3 is 19.9 Å². The molecule has 0 aromatic carbocycles. The Morgan fingerprint density at radius 1 is 1.17 bits per heavy atom. The molecule has 156 valence electrons. The fourth-order valence-corrected chi connectivity index (χ4v) is 3.33. The quantitative estimate of drug-likeness (QED) is 0.513. The molecule has 0 aliphatic carbocycles. The van der Waals surface area contributed by atoms with Gasteiger partial charge in [-0.3, -0.25) is 13.9 Å². The predicted molar refractivity (Wildman–Crippen MR) is 111 cm³/mol. The maximum absolute atomic E-state index is 13.2. The largest absolute Gasteiger partial charge is 0.478 e. The Labute approximate surface area is 167 Å². The second-order valence-electron chi connectivity index (χ2n) is 7.21. The number of aromatic nitrogens is 4. The maximum atomic E-state index is 13.2. The van der Waals surface area contributed by atoms with Crippen molar-refractivity contribution < 1.29 is 9.90 Å². The zero-order valence-electron chi connectivity index (χ0n) is 16.9.